The van der Waals surface area contributed by atoms with Gasteiger partial charge in [-0.3, -0.25) is 4.99 Å². The van der Waals surface area contributed by atoms with E-state index in [1.54, 1.807) is 0 Å². The Morgan fingerprint density at radius 3 is 1.81 bits per heavy atom. The van der Waals surface area contributed by atoms with E-state index in [9.17, 15) is 0 Å². The summed E-state index contributed by atoms with van der Waals surface area (Å²) < 4.78 is 21.6. The molecule has 0 amide bonds. The van der Waals surface area contributed by atoms with E-state index < -0.39 is 0 Å². The van der Waals surface area contributed by atoms with E-state index in [1.165, 1.54) is 12.8 Å². The monoisotopic (exact) mass is 321 g/mol. The molecule has 0 aromatic carbocycles. The highest BCUT2D eigenvalue weighted by molar-refractivity contribution is 7.54. The van der Waals surface area contributed by atoms with Gasteiger partial charge in [0.1, 0.15) is 0 Å². The van der Waals surface area contributed by atoms with Crippen LogP contribution in [0.4, 0.5) is 0 Å². The second-order valence-electron chi connectivity index (χ2n) is 4.48. The zero-order valence-corrected chi connectivity index (χ0v) is 14.6. The summed E-state index contributed by atoms with van der Waals surface area (Å²) in [5.41, 5.74) is 0. The molecule has 0 saturated carbocycles. The lowest BCUT2D eigenvalue weighted by molar-refractivity contribution is -0.00128. The maximum absolute atomic E-state index is 5.44. The first-order chi connectivity index (χ1) is 10.4. The lowest BCUT2D eigenvalue weighted by atomic mass is 10.3. The van der Waals surface area contributed by atoms with Crippen LogP contribution in [0.15, 0.2) is 4.99 Å². The average Bonchev–Trinajstić information content (AvgIpc) is 2.50. The number of nitrogens with zero attached hydrogens (tertiary/aromatic N) is 1. The molecule has 0 radical (unpaired) electrons. The summed E-state index contributed by atoms with van der Waals surface area (Å²) in [6.45, 7) is 10.3. The van der Waals surface area contributed by atoms with E-state index in [0.717, 1.165) is 28.2 Å². The van der Waals surface area contributed by atoms with Crippen LogP contribution in [0.5, 0.6) is 0 Å². The molecule has 0 saturated heterocycles. The molecule has 0 aliphatic heterocycles. The fourth-order valence-electron chi connectivity index (χ4n) is 1.49. The standard InChI is InChI=1S/C15H32NO4P/c1-3-4-5-7-17-9-11-19-13-14-20-12-10-18-8-6-16-15-21-2/h15,21H,3-14H2,1-2H3. The number of hydrogen-bond donors (Lipinski definition) is 0. The maximum Gasteiger partial charge on any atom is 0.0701 e. The highest BCUT2D eigenvalue weighted by atomic mass is 31.1. The number of ether oxygens (including phenoxy) is 4. The first kappa shape index (κ1) is 20.9. The first-order valence-electron chi connectivity index (χ1n) is 7.88. The molecule has 1 unspecified atom stereocenters. The van der Waals surface area contributed by atoms with Gasteiger partial charge in [0.2, 0.25) is 0 Å². The zero-order valence-electron chi connectivity index (χ0n) is 13.6. The lowest BCUT2D eigenvalue weighted by Crippen LogP contribution is -2.12. The van der Waals surface area contributed by atoms with Crippen molar-refractivity contribution in [3.63, 3.8) is 0 Å². The Morgan fingerprint density at radius 2 is 1.29 bits per heavy atom. The van der Waals surface area contributed by atoms with Gasteiger partial charge in [-0.15, -0.1) is 0 Å². The second kappa shape index (κ2) is 19.9. The molecule has 0 N–H and O–H groups in total. The molecular formula is C15H32NO4P. The minimum Gasteiger partial charge on any atom is -0.379 e. The minimum atomic E-state index is 0.605. The number of hydrogen-bond acceptors (Lipinski definition) is 5. The molecule has 0 bridgehead atoms. The van der Waals surface area contributed by atoms with Crippen LogP contribution in [0.2, 0.25) is 0 Å². The van der Waals surface area contributed by atoms with Crippen molar-refractivity contribution in [2.24, 2.45) is 4.99 Å². The molecule has 5 nitrogen and oxygen atoms in total. The quantitative estimate of drug-likeness (QED) is 0.235. The molecule has 0 fully saturated rings. The van der Waals surface area contributed by atoms with Gasteiger partial charge in [-0.05, 0) is 13.1 Å². The van der Waals surface area contributed by atoms with Crippen molar-refractivity contribution in [2.45, 2.75) is 26.2 Å². The van der Waals surface area contributed by atoms with Crippen molar-refractivity contribution in [3.05, 3.63) is 0 Å². The summed E-state index contributed by atoms with van der Waals surface area (Å²) in [4.78, 5) is 4.18. The SMILES string of the molecule is CCCCCOCCOCCOCCOCCN=CPC. The maximum atomic E-state index is 5.44. The summed E-state index contributed by atoms with van der Waals surface area (Å²) in [5, 5.41) is 0. The molecule has 0 aromatic heterocycles. The topological polar surface area (TPSA) is 49.3 Å². The van der Waals surface area contributed by atoms with Gasteiger partial charge < -0.3 is 18.9 Å². The largest absolute Gasteiger partial charge is 0.379 e. The molecule has 0 heterocycles. The lowest BCUT2D eigenvalue weighted by Gasteiger charge is -2.07. The molecule has 1 atom stereocenters. The Morgan fingerprint density at radius 1 is 0.762 bits per heavy atom. The van der Waals surface area contributed by atoms with Crippen molar-refractivity contribution < 1.29 is 18.9 Å². The van der Waals surface area contributed by atoms with Crippen molar-refractivity contribution in [3.8, 4) is 0 Å². The Hall–Kier alpha value is -0.0600. The van der Waals surface area contributed by atoms with E-state index in [1.807, 2.05) is 5.96 Å². The average molecular weight is 321 g/mol. The van der Waals surface area contributed by atoms with Crippen LogP contribution in [-0.4, -0.2) is 72.0 Å². The van der Waals surface area contributed by atoms with Crippen molar-refractivity contribution in [1.82, 2.24) is 0 Å². The van der Waals surface area contributed by atoms with E-state index in [-0.39, 0.29) is 0 Å². The second-order valence-corrected chi connectivity index (χ2v) is 5.32. The van der Waals surface area contributed by atoms with Crippen LogP contribution in [-0.2, 0) is 18.9 Å². The summed E-state index contributed by atoms with van der Waals surface area (Å²) in [5.74, 6) is 1.94. The van der Waals surface area contributed by atoms with Crippen LogP contribution >= 0.6 is 8.58 Å². The van der Waals surface area contributed by atoms with Gasteiger partial charge in [0.25, 0.3) is 0 Å². The zero-order chi connectivity index (χ0) is 15.4. The van der Waals surface area contributed by atoms with Gasteiger partial charge in [-0.2, -0.15) is 0 Å². The van der Waals surface area contributed by atoms with E-state index in [0.29, 0.717) is 46.2 Å². The van der Waals surface area contributed by atoms with Gasteiger partial charge in [0.05, 0.1) is 52.8 Å². The van der Waals surface area contributed by atoms with E-state index in [4.69, 9.17) is 18.9 Å². The fraction of sp³-hybridized carbons (Fsp3) is 0.933. The Balaban J connectivity index is 2.95. The summed E-state index contributed by atoms with van der Waals surface area (Å²) in [6.07, 6.45) is 3.61. The Kier molecular flexibility index (Phi) is 19.9. The van der Waals surface area contributed by atoms with Crippen molar-refractivity contribution in [2.75, 3.05) is 66.1 Å². The van der Waals surface area contributed by atoms with Crippen molar-refractivity contribution >= 4 is 14.5 Å². The molecule has 0 aliphatic rings. The van der Waals surface area contributed by atoms with Crippen molar-refractivity contribution in [1.29, 1.82) is 0 Å². The molecule has 0 spiro atoms. The number of rotatable bonds is 17. The van der Waals surface area contributed by atoms with Gasteiger partial charge in [-0.1, -0.05) is 28.3 Å². The fourth-order valence-corrected chi connectivity index (χ4v) is 1.80. The van der Waals surface area contributed by atoms with Gasteiger partial charge in [0.15, 0.2) is 0 Å². The summed E-state index contributed by atoms with van der Waals surface area (Å²) >= 11 is 0. The van der Waals surface area contributed by atoms with E-state index in [2.05, 4.69) is 18.6 Å². The third kappa shape index (κ3) is 19.9. The van der Waals surface area contributed by atoms with Crippen LogP contribution in [0.1, 0.15) is 26.2 Å². The minimum absolute atomic E-state index is 0.605. The Bertz CT molecular complexity index is 218. The molecule has 0 aliphatic carbocycles. The predicted octanol–water partition coefficient (Wildman–Crippen LogP) is 2.58. The summed E-state index contributed by atoms with van der Waals surface area (Å²) in [6, 6.07) is 0. The molecule has 21 heavy (non-hydrogen) atoms. The Labute approximate surface area is 131 Å². The normalized spacial score (nSPS) is 12.1. The first-order valence-corrected chi connectivity index (χ1v) is 9.46. The molecule has 6 heteroatoms. The molecule has 0 aromatic rings. The van der Waals surface area contributed by atoms with E-state index >= 15 is 0 Å². The van der Waals surface area contributed by atoms with Gasteiger partial charge in [-0.25, -0.2) is 0 Å². The highest BCUT2D eigenvalue weighted by Gasteiger charge is 1.92. The van der Waals surface area contributed by atoms with Crippen LogP contribution < -0.4 is 0 Å². The predicted molar refractivity (Wildman–Crippen MR) is 90.4 cm³/mol. The van der Waals surface area contributed by atoms with Crippen LogP contribution in [0.25, 0.3) is 0 Å². The summed E-state index contributed by atoms with van der Waals surface area (Å²) in [7, 11) is 0.774. The van der Waals surface area contributed by atoms with Crippen LogP contribution in [0, 0.1) is 0 Å². The third-order valence-corrected chi connectivity index (χ3v) is 3.03. The number of unbranched alkanes of at least 4 members (excludes halogenated alkanes) is 2. The molecular weight excluding hydrogens is 289 g/mol. The highest BCUT2D eigenvalue weighted by Crippen LogP contribution is 1.94. The van der Waals surface area contributed by atoms with Crippen LogP contribution in [0.3, 0.4) is 0 Å². The smallest absolute Gasteiger partial charge is 0.0701 e. The van der Waals surface area contributed by atoms with Gasteiger partial charge >= 0.3 is 0 Å². The molecule has 126 valence electrons. The van der Waals surface area contributed by atoms with Gasteiger partial charge in [0, 0.05) is 12.6 Å². The molecule has 0 rings (SSSR count). The number of aliphatic imine (C=N–C) groups is 1. The third-order valence-electron chi connectivity index (χ3n) is 2.59.